The van der Waals surface area contributed by atoms with Crippen molar-refractivity contribution in [1.82, 2.24) is 5.32 Å². The van der Waals surface area contributed by atoms with Gasteiger partial charge in [-0.25, -0.2) is 0 Å². The summed E-state index contributed by atoms with van der Waals surface area (Å²) in [6, 6.07) is 1.23. The lowest BCUT2D eigenvalue weighted by Gasteiger charge is -2.33. The van der Waals surface area contributed by atoms with Crippen molar-refractivity contribution >= 4 is 0 Å². The Morgan fingerprint density at radius 1 is 0.944 bits per heavy atom. The van der Waals surface area contributed by atoms with E-state index < -0.39 is 0 Å². The molecule has 2 aliphatic rings. The van der Waals surface area contributed by atoms with Crippen LogP contribution in [0.15, 0.2) is 0 Å². The maximum atomic E-state index is 5.95. The molecule has 0 saturated heterocycles. The Bertz CT molecular complexity index is 223. The molecule has 0 atom stereocenters. The second kappa shape index (κ2) is 6.91. The summed E-state index contributed by atoms with van der Waals surface area (Å²) < 4.78 is 0. The normalized spacial score (nSPS) is 38.0. The third-order valence-corrected chi connectivity index (χ3v) is 5.30. The predicted molar refractivity (Wildman–Crippen MR) is 78.5 cm³/mol. The van der Waals surface area contributed by atoms with Gasteiger partial charge in [-0.2, -0.15) is 0 Å². The molecule has 3 N–H and O–H groups in total. The Kier molecular flexibility index (Phi) is 5.50. The topological polar surface area (TPSA) is 38.0 Å². The Morgan fingerprint density at radius 2 is 1.56 bits per heavy atom. The lowest BCUT2D eigenvalue weighted by Crippen LogP contribution is -2.40. The first-order valence-electron chi connectivity index (χ1n) is 8.14. The number of hydrogen-bond acceptors (Lipinski definition) is 2. The summed E-state index contributed by atoms with van der Waals surface area (Å²) >= 11 is 0. The molecule has 0 bridgehead atoms. The van der Waals surface area contributed by atoms with E-state index >= 15 is 0 Å². The smallest absolute Gasteiger partial charge is 0.00683 e. The molecule has 106 valence electrons. The van der Waals surface area contributed by atoms with Gasteiger partial charge in [-0.3, -0.25) is 0 Å². The summed E-state index contributed by atoms with van der Waals surface area (Å²) in [6.45, 7) is 6.02. The molecule has 0 amide bonds. The monoisotopic (exact) mass is 252 g/mol. The van der Waals surface area contributed by atoms with Gasteiger partial charge in [-0.05, 0) is 75.7 Å². The minimum atomic E-state index is 0.476. The number of hydrogen-bond donors (Lipinski definition) is 2. The highest BCUT2D eigenvalue weighted by Crippen LogP contribution is 2.33. The molecule has 0 aromatic heterocycles. The Balaban J connectivity index is 1.60. The average Bonchev–Trinajstić information content (AvgIpc) is 2.38. The summed E-state index contributed by atoms with van der Waals surface area (Å²) in [5, 5.41) is 3.80. The molecule has 2 rings (SSSR count). The average molecular weight is 252 g/mol. The second-order valence-corrected chi connectivity index (χ2v) is 7.04. The van der Waals surface area contributed by atoms with E-state index in [0.29, 0.717) is 6.04 Å². The van der Waals surface area contributed by atoms with Crippen molar-refractivity contribution in [2.24, 2.45) is 23.5 Å². The summed E-state index contributed by atoms with van der Waals surface area (Å²) in [7, 11) is 0. The minimum absolute atomic E-state index is 0.476. The molecule has 18 heavy (non-hydrogen) atoms. The molecule has 2 aliphatic carbocycles. The van der Waals surface area contributed by atoms with Crippen LogP contribution >= 0.6 is 0 Å². The fraction of sp³-hybridized carbons (Fsp3) is 1.00. The molecule has 0 aliphatic heterocycles. The first-order chi connectivity index (χ1) is 8.65. The van der Waals surface area contributed by atoms with Crippen molar-refractivity contribution in [3.8, 4) is 0 Å². The highest BCUT2D eigenvalue weighted by Gasteiger charge is 2.24. The molecular formula is C16H32N2. The maximum Gasteiger partial charge on any atom is 0.00683 e. The van der Waals surface area contributed by atoms with E-state index in [1.54, 1.807) is 0 Å². The van der Waals surface area contributed by atoms with Crippen LogP contribution in [0.4, 0.5) is 0 Å². The van der Waals surface area contributed by atoms with Gasteiger partial charge in [0.05, 0.1) is 0 Å². The zero-order valence-corrected chi connectivity index (χ0v) is 12.3. The largest absolute Gasteiger partial charge is 0.328 e. The van der Waals surface area contributed by atoms with E-state index in [4.69, 9.17) is 5.73 Å². The molecule has 2 heteroatoms. The van der Waals surface area contributed by atoms with E-state index in [-0.39, 0.29) is 0 Å². The summed E-state index contributed by atoms with van der Waals surface area (Å²) in [4.78, 5) is 0. The Morgan fingerprint density at radius 3 is 2.11 bits per heavy atom. The Labute approximate surface area is 113 Å². The van der Waals surface area contributed by atoms with Gasteiger partial charge in [0.15, 0.2) is 0 Å². The predicted octanol–water partition coefficient (Wildman–Crippen LogP) is 3.31. The molecule has 2 fully saturated rings. The van der Waals surface area contributed by atoms with Gasteiger partial charge in [-0.15, -0.1) is 0 Å². The SMILES string of the molecule is CC(C)C1CCC(CNC2CCC(N)CC2)CC1. The molecule has 0 heterocycles. The van der Waals surface area contributed by atoms with Crippen molar-refractivity contribution < 1.29 is 0 Å². The van der Waals surface area contributed by atoms with Crippen LogP contribution in [-0.4, -0.2) is 18.6 Å². The third-order valence-electron chi connectivity index (χ3n) is 5.30. The molecular weight excluding hydrogens is 220 g/mol. The van der Waals surface area contributed by atoms with E-state index in [9.17, 15) is 0 Å². The van der Waals surface area contributed by atoms with Gasteiger partial charge < -0.3 is 11.1 Å². The van der Waals surface area contributed by atoms with Gasteiger partial charge >= 0.3 is 0 Å². The van der Waals surface area contributed by atoms with Crippen LogP contribution in [-0.2, 0) is 0 Å². The molecule has 0 unspecified atom stereocenters. The molecule has 0 spiro atoms. The highest BCUT2D eigenvalue weighted by molar-refractivity contribution is 4.81. The second-order valence-electron chi connectivity index (χ2n) is 7.04. The summed E-state index contributed by atoms with van der Waals surface area (Å²) in [5.41, 5.74) is 5.95. The minimum Gasteiger partial charge on any atom is -0.328 e. The van der Waals surface area contributed by atoms with Gasteiger partial charge in [0.25, 0.3) is 0 Å². The quantitative estimate of drug-likeness (QED) is 0.805. The van der Waals surface area contributed by atoms with E-state index in [2.05, 4.69) is 19.2 Å². The van der Waals surface area contributed by atoms with Crippen LogP contribution in [0, 0.1) is 17.8 Å². The lowest BCUT2D eigenvalue weighted by molar-refractivity contribution is 0.211. The zero-order chi connectivity index (χ0) is 13.0. The molecule has 0 aromatic carbocycles. The third kappa shape index (κ3) is 4.24. The fourth-order valence-electron chi connectivity index (χ4n) is 3.72. The van der Waals surface area contributed by atoms with Crippen molar-refractivity contribution in [2.45, 2.75) is 77.3 Å². The summed E-state index contributed by atoms with van der Waals surface area (Å²) in [5.74, 6) is 2.82. The standard InChI is InChI=1S/C16H32N2/c1-12(2)14-5-3-13(4-6-14)11-18-16-9-7-15(17)8-10-16/h12-16,18H,3-11,17H2,1-2H3. The first-order valence-corrected chi connectivity index (χ1v) is 8.14. The fourth-order valence-corrected chi connectivity index (χ4v) is 3.72. The van der Waals surface area contributed by atoms with Gasteiger partial charge in [-0.1, -0.05) is 13.8 Å². The number of nitrogens with two attached hydrogens (primary N) is 1. The number of rotatable bonds is 4. The van der Waals surface area contributed by atoms with E-state index in [1.807, 2.05) is 0 Å². The van der Waals surface area contributed by atoms with Crippen LogP contribution in [0.5, 0.6) is 0 Å². The zero-order valence-electron chi connectivity index (χ0n) is 12.3. The van der Waals surface area contributed by atoms with Crippen LogP contribution in [0.1, 0.15) is 65.2 Å². The Hall–Kier alpha value is -0.0800. The highest BCUT2D eigenvalue weighted by atomic mass is 14.9. The van der Waals surface area contributed by atoms with Gasteiger partial charge in [0.2, 0.25) is 0 Å². The molecule has 2 saturated carbocycles. The van der Waals surface area contributed by atoms with E-state index in [0.717, 1.165) is 23.8 Å². The van der Waals surface area contributed by atoms with Gasteiger partial charge in [0.1, 0.15) is 0 Å². The van der Waals surface area contributed by atoms with Crippen LogP contribution in [0.25, 0.3) is 0 Å². The summed E-state index contributed by atoms with van der Waals surface area (Å²) in [6.07, 6.45) is 10.8. The van der Waals surface area contributed by atoms with Crippen LogP contribution in [0.3, 0.4) is 0 Å². The van der Waals surface area contributed by atoms with Crippen molar-refractivity contribution in [2.75, 3.05) is 6.54 Å². The van der Waals surface area contributed by atoms with Gasteiger partial charge in [0, 0.05) is 12.1 Å². The van der Waals surface area contributed by atoms with Crippen LogP contribution in [0.2, 0.25) is 0 Å². The first kappa shape index (κ1) is 14.3. The van der Waals surface area contributed by atoms with Crippen molar-refractivity contribution in [1.29, 1.82) is 0 Å². The molecule has 2 nitrogen and oxygen atoms in total. The van der Waals surface area contributed by atoms with Crippen molar-refractivity contribution in [3.05, 3.63) is 0 Å². The molecule has 0 radical (unpaired) electrons. The number of nitrogens with one attached hydrogen (secondary N) is 1. The lowest BCUT2D eigenvalue weighted by atomic mass is 9.77. The maximum absolute atomic E-state index is 5.95. The van der Waals surface area contributed by atoms with Crippen molar-refractivity contribution in [3.63, 3.8) is 0 Å². The van der Waals surface area contributed by atoms with E-state index in [1.165, 1.54) is 57.9 Å². The van der Waals surface area contributed by atoms with Crippen LogP contribution < -0.4 is 11.1 Å². The molecule has 0 aromatic rings.